The number of imidazole rings is 1. The Labute approximate surface area is 210 Å². The monoisotopic (exact) mass is 512 g/mol. The molecule has 4 aromatic rings. The normalized spacial score (nSPS) is 12.5. The maximum Gasteiger partial charge on any atom is 0.329 e. The van der Waals surface area contributed by atoms with Gasteiger partial charge in [-0.05, 0) is 48.9 Å². The van der Waals surface area contributed by atoms with E-state index in [1.54, 1.807) is 50.4 Å². The number of ether oxygens (including phenoxy) is 2. The molecule has 0 saturated carbocycles. The van der Waals surface area contributed by atoms with Gasteiger partial charge in [-0.2, -0.15) is 10.1 Å². The second kappa shape index (κ2) is 10.7. The number of benzene rings is 2. The fourth-order valence-electron chi connectivity index (χ4n) is 3.51. The van der Waals surface area contributed by atoms with Gasteiger partial charge in [0.2, 0.25) is 5.95 Å². The Morgan fingerprint density at radius 3 is 2.50 bits per heavy atom. The van der Waals surface area contributed by atoms with E-state index < -0.39 is 17.4 Å². The molecule has 0 aliphatic carbocycles. The standard InChI is InChI=1S/C24H25ClN6O5/c1-14(15-4-6-16(25)7-5-15)28-29-23-26-21-20(22(33)27-24(34)30(21)2)31(23)12-17(32)13-36-19-10-8-18(35-3)9-11-19/h4-11,17,32H,12-13H2,1-3H3,(H,26,29)(H,27,33,34)/t17-/m1/s1. The Balaban J connectivity index is 1.62. The van der Waals surface area contributed by atoms with Crippen molar-refractivity contribution >= 4 is 34.4 Å². The van der Waals surface area contributed by atoms with Crippen molar-refractivity contribution in [3.63, 3.8) is 0 Å². The van der Waals surface area contributed by atoms with Crippen molar-refractivity contribution in [2.24, 2.45) is 12.1 Å². The summed E-state index contributed by atoms with van der Waals surface area (Å²) in [6, 6.07) is 14.1. The van der Waals surface area contributed by atoms with E-state index in [0.29, 0.717) is 22.2 Å². The number of aromatic nitrogens is 4. The summed E-state index contributed by atoms with van der Waals surface area (Å²) >= 11 is 5.96. The highest BCUT2D eigenvalue weighted by Gasteiger charge is 2.20. The highest BCUT2D eigenvalue weighted by Crippen LogP contribution is 2.19. The summed E-state index contributed by atoms with van der Waals surface area (Å²) in [4.78, 5) is 31.4. The predicted molar refractivity (Wildman–Crippen MR) is 137 cm³/mol. The average Bonchev–Trinajstić information content (AvgIpc) is 3.24. The first kappa shape index (κ1) is 25.0. The number of aliphatic hydroxyl groups excluding tert-OH is 1. The molecular weight excluding hydrogens is 488 g/mol. The minimum atomic E-state index is -1.01. The van der Waals surface area contributed by atoms with E-state index in [1.807, 2.05) is 12.1 Å². The first-order valence-corrected chi connectivity index (χ1v) is 11.4. The van der Waals surface area contributed by atoms with Gasteiger partial charge in [0.15, 0.2) is 11.2 Å². The van der Waals surface area contributed by atoms with Gasteiger partial charge in [0.25, 0.3) is 5.56 Å². The van der Waals surface area contributed by atoms with Crippen LogP contribution in [0, 0.1) is 0 Å². The van der Waals surface area contributed by atoms with Crippen LogP contribution in [0.1, 0.15) is 12.5 Å². The number of methoxy groups -OCH3 is 1. The number of nitrogens with one attached hydrogen (secondary N) is 2. The lowest BCUT2D eigenvalue weighted by Gasteiger charge is -2.15. The summed E-state index contributed by atoms with van der Waals surface area (Å²) in [7, 11) is 3.06. The second-order valence-electron chi connectivity index (χ2n) is 7.99. The smallest absolute Gasteiger partial charge is 0.329 e. The largest absolute Gasteiger partial charge is 0.497 e. The Morgan fingerprint density at radius 1 is 1.17 bits per heavy atom. The second-order valence-corrected chi connectivity index (χ2v) is 8.43. The molecule has 0 saturated heterocycles. The first-order chi connectivity index (χ1) is 17.3. The number of rotatable bonds is 9. The number of hydrogen-bond donors (Lipinski definition) is 3. The molecule has 0 bridgehead atoms. The van der Waals surface area contributed by atoms with Crippen LogP contribution in [0.2, 0.25) is 5.02 Å². The quantitative estimate of drug-likeness (QED) is 0.231. The molecule has 2 aromatic carbocycles. The third-order valence-corrected chi connectivity index (χ3v) is 5.74. The van der Waals surface area contributed by atoms with Crippen molar-refractivity contribution in [2.75, 3.05) is 19.1 Å². The Kier molecular flexibility index (Phi) is 7.41. The minimum Gasteiger partial charge on any atom is -0.497 e. The number of anilines is 1. The highest BCUT2D eigenvalue weighted by atomic mass is 35.5. The minimum absolute atomic E-state index is 0.0498. The number of nitrogens with zero attached hydrogens (tertiary/aromatic N) is 4. The summed E-state index contributed by atoms with van der Waals surface area (Å²) in [6.07, 6.45) is -1.01. The molecule has 36 heavy (non-hydrogen) atoms. The number of hydrazone groups is 1. The predicted octanol–water partition coefficient (Wildman–Crippen LogP) is 2.36. The van der Waals surface area contributed by atoms with Crippen molar-refractivity contribution in [1.29, 1.82) is 0 Å². The van der Waals surface area contributed by atoms with Gasteiger partial charge in [-0.1, -0.05) is 23.7 Å². The summed E-state index contributed by atoms with van der Waals surface area (Å²) in [5.74, 6) is 1.41. The van der Waals surface area contributed by atoms with Gasteiger partial charge in [-0.15, -0.1) is 0 Å². The molecular formula is C24H25ClN6O5. The fourth-order valence-corrected chi connectivity index (χ4v) is 3.64. The molecule has 0 spiro atoms. The molecule has 0 fully saturated rings. The lowest BCUT2D eigenvalue weighted by atomic mass is 10.1. The Hall–Kier alpha value is -4.09. The molecule has 1 atom stereocenters. The fraction of sp³-hybridized carbons (Fsp3) is 0.250. The van der Waals surface area contributed by atoms with Crippen molar-refractivity contribution in [2.45, 2.75) is 19.6 Å². The highest BCUT2D eigenvalue weighted by molar-refractivity contribution is 6.30. The van der Waals surface area contributed by atoms with Crippen LogP contribution in [0.3, 0.4) is 0 Å². The van der Waals surface area contributed by atoms with E-state index >= 15 is 0 Å². The van der Waals surface area contributed by atoms with Crippen LogP contribution in [0.25, 0.3) is 11.2 Å². The zero-order chi connectivity index (χ0) is 25.8. The molecule has 3 N–H and O–H groups in total. The first-order valence-electron chi connectivity index (χ1n) is 11.0. The zero-order valence-electron chi connectivity index (χ0n) is 19.9. The van der Waals surface area contributed by atoms with Crippen LogP contribution < -0.4 is 26.1 Å². The zero-order valence-corrected chi connectivity index (χ0v) is 20.6. The van der Waals surface area contributed by atoms with Crippen LogP contribution >= 0.6 is 11.6 Å². The van der Waals surface area contributed by atoms with Crippen LogP contribution in [0.4, 0.5) is 5.95 Å². The summed E-state index contributed by atoms with van der Waals surface area (Å²) < 4.78 is 13.5. The third kappa shape index (κ3) is 5.42. The van der Waals surface area contributed by atoms with E-state index in [0.717, 1.165) is 5.56 Å². The lowest BCUT2D eigenvalue weighted by molar-refractivity contribution is 0.0938. The maximum absolute atomic E-state index is 12.7. The number of fused-ring (bicyclic) bond motifs is 1. The van der Waals surface area contributed by atoms with Gasteiger partial charge < -0.3 is 19.1 Å². The average molecular weight is 513 g/mol. The number of aromatic amines is 1. The topological polar surface area (TPSA) is 136 Å². The number of hydrogen-bond acceptors (Lipinski definition) is 8. The van der Waals surface area contributed by atoms with E-state index in [4.69, 9.17) is 21.1 Å². The number of halogens is 1. The van der Waals surface area contributed by atoms with Crippen molar-refractivity contribution in [3.05, 3.63) is 80.0 Å². The molecule has 0 aliphatic heterocycles. The number of aliphatic hydroxyl groups is 1. The third-order valence-electron chi connectivity index (χ3n) is 5.49. The molecule has 0 aliphatic rings. The van der Waals surface area contributed by atoms with Crippen molar-refractivity contribution in [3.8, 4) is 11.5 Å². The SMILES string of the molecule is COc1ccc(OC[C@H](O)Cn2c(NN=C(C)c3ccc(Cl)cc3)nc3c2c(=O)[nH]c(=O)n3C)cc1. The van der Waals surface area contributed by atoms with Crippen LogP contribution in [0.15, 0.2) is 63.2 Å². The summed E-state index contributed by atoms with van der Waals surface area (Å²) in [5, 5.41) is 15.7. The van der Waals surface area contributed by atoms with Crippen LogP contribution in [-0.4, -0.2) is 49.7 Å². The van der Waals surface area contributed by atoms with Crippen molar-refractivity contribution < 1.29 is 14.6 Å². The number of aryl methyl sites for hydroxylation is 1. The van der Waals surface area contributed by atoms with Gasteiger partial charge in [0, 0.05) is 12.1 Å². The maximum atomic E-state index is 12.7. The molecule has 0 amide bonds. The Bertz CT molecular complexity index is 1510. The van der Waals surface area contributed by atoms with Crippen molar-refractivity contribution in [1.82, 2.24) is 19.1 Å². The molecule has 0 radical (unpaired) electrons. The summed E-state index contributed by atoms with van der Waals surface area (Å²) in [5.41, 5.74) is 3.34. The molecule has 12 heteroatoms. The van der Waals surface area contributed by atoms with E-state index in [2.05, 4.69) is 20.5 Å². The summed E-state index contributed by atoms with van der Waals surface area (Å²) in [6.45, 7) is 1.69. The number of H-pyrrole nitrogens is 1. The van der Waals surface area contributed by atoms with Crippen LogP contribution in [0.5, 0.6) is 11.5 Å². The van der Waals surface area contributed by atoms with E-state index in [-0.39, 0.29) is 30.3 Å². The molecule has 11 nitrogen and oxygen atoms in total. The molecule has 188 valence electrons. The molecule has 0 unspecified atom stereocenters. The van der Waals surface area contributed by atoms with Gasteiger partial charge in [-0.25, -0.2) is 10.2 Å². The van der Waals surface area contributed by atoms with Gasteiger partial charge in [0.1, 0.15) is 24.2 Å². The van der Waals surface area contributed by atoms with E-state index in [9.17, 15) is 14.7 Å². The van der Waals surface area contributed by atoms with Gasteiger partial charge >= 0.3 is 5.69 Å². The Morgan fingerprint density at radius 2 is 1.83 bits per heavy atom. The van der Waals surface area contributed by atoms with Gasteiger partial charge in [-0.3, -0.25) is 14.3 Å². The molecule has 4 rings (SSSR count). The van der Waals surface area contributed by atoms with Gasteiger partial charge in [0.05, 0.1) is 19.4 Å². The van der Waals surface area contributed by atoms with Crippen LogP contribution in [-0.2, 0) is 13.6 Å². The molecule has 2 heterocycles. The van der Waals surface area contributed by atoms with E-state index in [1.165, 1.54) is 16.2 Å². The lowest BCUT2D eigenvalue weighted by Crippen LogP contribution is -2.30. The molecule has 2 aromatic heterocycles.